The fourth-order valence-electron chi connectivity index (χ4n) is 3.85. The van der Waals surface area contributed by atoms with Gasteiger partial charge in [-0.05, 0) is 35.8 Å². The number of amides is 1. The van der Waals surface area contributed by atoms with Crippen LogP contribution in [0.1, 0.15) is 17.5 Å². The molecular formula is C24H27N3O2. The smallest absolute Gasteiger partial charge is 0.236 e. The molecule has 1 N–H and O–H groups in total. The highest BCUT2D eigenvalue weighted by molar-refractivity contribution is 5.93. The number of aromatic amines is 1. The molecule has 3 aromatic rings. The number of methoxy groups -OCH3 is 1. The SMILES string of the molecule is COc1ccc2[nH]cc(C3=CCN(CC(=O)N(C)Cc4ccccc4)CC3)c2c1. The van der Waals surface area contributed by atoms with Gasteiger partial charge in [0, 0.05) is 49.3 Å². The van der Waals surface area contributed by atoms with E-state index in [4.69, 9.17) is 4.74 Å². The molecule has 0 atom stereocenters. The van der Waals surface area contributed by atoms with Crippen molar-refractivity contribution in [3.63, 3.8) is 0 Å². The van der Waals surface area contributed by atoms with E-state index in [1.165, 1.54) is 16.5 Å². The van der Waals surface area contributed by atoms with Gasteiger partial charge in [-0.1, -0.05) is 36.4 Å². The van der Waals surface area contributed by atoms with Crippen LogP contribution < -0.4 is 4.74 Å². The van der Waals surface area contributed by atoms with Gasteiger partial charge in [0.1, 0.15) is 5.75 Å². The van der Waals surface area contributed by atoms with Crippen molar-refractivity contribution < 1.29 is 9.53 Å². The maximum atomic E-state index is 12.6. The van der Waals surface area contributed by atoms with Gasteiger partial charge in [0.15, 0.2) is 0 Å². The van der Waals surface area contributed by atoms with E-state index in [1.54, 1.807) is 12.0 Å². The van der Waals surface area contributed by atoms with Gasteiger partial charge in [0.05, 0.1) is 13.7 Å². The maximum absolute atomic E-state index is 12.6. The van der Waals surface area contributed by atoms with Gasteiger partial charge in [0.25, 0.3) is 0 Å². The molecule has 5 nitrogen and oxygen atoms in total. The summed E-state index contributed by atoms with van der Waals surface area (Å²) in [5.41, 5.74) is 4.82. The predicted octanol–water partition coefficient (Wildman–Crippen LogP) is 3.92. The lowest BCUT2D eigenvalue weighted by molar-refractivity contribution is -0.131. The Morgan fingerprint density at radius 2 is 2.03 bits per heavy atom. The van der Waals surface area contributed by atoms with Gasteiger partial charge in [0.2, 0.25) is 5.91 Å². The van der Waals surface area contributed by atoms with Crippen LogP contribution in [0.25, 0.3) is 16.5 Å². The normalized spacial score (nSPS) is 14.6. The molecule has 1 aliphatic rings. The van der Waals surface area contributed by atoms with Crippen LogP contribution in [-0.4, -0.2) is 54.5 Å². The molecule has 29 heavy (non-hydrogen) atoms. The number of carbonyl (C=O) groups is 1. The van der Waals surface area contributed by atoms with Crippen molar-refractivity contribution in [3.05, 3.63) is 71.9 Å². The van der Waals surface area contributed by atoms with Crippen LogP contribution in [0, 0.1) is 0 Å². The molecule has 0 saturated carbocycles. The van der Waals surface area contributed by atoms with Crippen LogP contribution >= 0.6 is 0 Å². The zero-order valence-corrected chi connectivity index (χ0v) is 17.0. The van der Waals surface area contributed by atoms with E-state index in [-0.39, 0.29) is 5.91 Å². The number of H-pyrrole nitrogens is 1. The molecule has 0 bridgehead atoms. The van der Waals surface area contributed by atoms with Gasteiger partial charge < -0.3 is 14.6 Å². The zero-order valence-electron chi connectivity index (χ0n) is 17.0. The fraction of sp³-hybridized carbons (Fsp3) is 0.292. The predicted molar refractivity (Wildman–Crippen MR) is 117 cm³/mol. The lowest BCUT2D eigenvalue weighted by Gasteiger charge is -2.28. The first-order valence-corrected chi connectivity index (χ1v) is 9.99. The molecule has 0 unspecified atom stereocenters. The van der Waals surface area contributed by atoms with Crippen molar-refractivity contribution in [2.24, 2.45) is 0 Å². The lowest BCUT2D eigenvalue weighted by atomic mass is 9.99. The molecule has 0 aliphatic carbocycles. The zero-order chi connectivity index (χ0) is 20.2. The molecule has 1 aliphatic heterocycles. The molecule has 0 fully saturated rings. The second-order valence-corrected chi connectivity index (χ2v) is 7.56. The molecule has 0 radical (unpaired) electrons. The second kappa shape index (κ2) is 8.53. The van der Waals surface area contributed by atoms with Crippen molar-refractivity contribution >= 4 is 22.4 Å². The quantitative estimate of drug-likeness (QED) is 0.695. The van der Waals surface area contributed by atoms with Gasteiger partial charge in [-0.2, -0.15) is 0 Å². The molecule has 1 aromatic heterocycles. The minimum Gasteiger partial charge on any atom is -0.497 e. The monoisotopic (exact) mass is 389 g/mol. The number of likely N-dealkylation sites (N-methyl/N-ethyl adjacent to an activating group) is 1. The Kier molecular flexibility index (Phi) is 5.67. The highest BCUT2D eigenvalue weighted by atomic mass is 16.5. The molecular weight excluding hydrogens is 362 g/mol. The summed E-state index contributed by atoms with van der Waals surface area (Å²) < 4.78 is 5.38. The Morgan fingerprint density at radius 3 is 2.76 bits per heavy atom. The van der Waals surface area contributed by atoms with Gasteiger partial charge >= 0.3 is 0 Å². The number of benzene rings is 2. The summed E-state index contributed by atoms with van der Waals surface area (Å²) in [4.78, 5) is 20.0. The third kappa shape index (κ3) is 4.35. The van der Waals surface area contributed by atoms with Crippen molar-refractivity contribution in [2.45, 2.75) is 13.0 Å². The Bertz CT molecular complexity index is 1020. The summed E-state index contributed by atoms with van der Waals surface area (Å²) in [5, 5.41) is 1.18. The molecule has 5 heteroatoms. The molecule has 0 spiro atoms. The van der Waals surface area contributed by atoms with Crippen LogP contribution in [0.15, 0.2) is 60.8 Å². The second-order valence-electron chi connectivity index (χ2n) is 7.56. The number of nitrogens with one attached hydrogen (secondary N) is 1. The molecule has 0 saturated heterocycles. The Hall–Kier alpha value is -3.05. The van der Waals surface area contributed by atoms with Crippen LogP contribution in [-0.2, 0) is 11.3 Å². The number of fused-ring (bicyclic) bond motifs is 1. The van der Waals surface area contributed by atoms with Gasteiger partial charge in [-0.3, -0.25) is 9.69 Å². The van der Waals surface area contributed by atoms with Crippen LogP contribution in [0.5, 0.6) is 5.75 Å². The van der Waals surface area contributed by atoms with Crippen LogP contribution in [0.4, 0.5) is 0 Å². The van der Waals surface area contributed by atoms with E-state index in [0.717, 1.165) is 36.3 Å². The summed E-state index contributed by atoms with van der Waals surface area (Å²) in [6, 6.07) is 16.2. The van der Waals surface area contributed by atoms with E-state index < -0.39 is 0 Å². The topological polar surface area (TPSA) is 48.6 Å². The average molecular weight is 389 g/mol. The number of hydrogen-bond acceptors (Lipinski definition) is 3. The van der Waals surface area contributed by atoms with E-state index in [2.05, 4.69) is 46.4 Å². The average Bonchev–Trinajstić information content (AvgIpc) is 3.18. The highest BCUT2D eigenvalue weighted by Gasteiger charge is 2.19. The van der Waals surface area contributed by atoms with Crippen LogP contribution in [0.3, 0.4) is 0 Å². The summed E-state index contributed by atoms with van der Waals surface area (Å²) in [6.07, 6.45) is 5.25. The van der Waals surface area contributed by atoms with Gasteiger partial charge in [-0.15, -0.1) is 0 Å². The Labute approximate surface area is 171 Å². The lowest BCUT2D eigenvalue weighted by Crippen LogP contribution is -2.39. The highest BCUT2D eigenvalue weighted by Crippen LogP contribution is 2.31. The van der Waals surface area contributed by atoms with Crippen LogP contribution in [0.2, 0.25) is 0 Å². The van der Waals surface area contributed by atoms with Crippen molar-refractivity contribution in [1.82, 2.24) is 14.8 Å². The Balaban J connectivity index is 1.39. The number of nitrogens with zero attached hydrogens (tertiary/aromatic N) is 2. The van der Waals surface area contributed by atoms with E-state index in [9.17, 15) is 4.79 Å². The first-order valence-electron chi connectivity index (χ1n) is 9.99. The number of aromatic nitrogens is 1. The molecule has 2 heterocycles. The van der Waals surface area contributed by atoms with E-state index in [0.29, 0.717) is 13.1 Å². The van der Waals surface area contributed by atoms with E-state index >= 15 is 0 Å². The first-order chi connectivity index (χ1) is 14.1. The fourth-order valence-corrected chi connectivity index (χ4v) is 3.85. The largest absolute Gasteiger partial charge is 0.497 e. The summed E-state index contributed by atoms with van der Waals surface area (Å²) in [7, 11) is 3.57. The van der Waals surface area contributed by atoms with Crippen molar-refractivity contribution in [1.29, 1.82) is 0 Å². The van der Waals surface area contributed by atoms with Gasteiger partial charge in [-0.25, -0.2) is 0 Å². The molecule has 4 rings (SSSR count). The minimum atomic E-state index is 0.155. The molecule has 150 valence electrons. The standard InChI is InChI=1S/C24H27N3O2/c1-26(16-18-6-4-3-5-7-18)24(28)17-27-12-10-19(11-13-27)22-15-25-23-9-8-20(29-2)14-21(22)23/h3-10,14-15,25H,11-13,16-17H2,1-2H3. The van der Waals surface area contributed by atoms with E-state index in [1.807, 2.05) is 31.3 Å². The molecule has 2 aromatic carbocycles. The minimum absolute atomic E-state index is 0.155. The number of hydrogen-bond donors (Lipinski definition) is 1. The number of ether oxygens (including phenoxy) is 1. The summed E-state index contributed by atoms with van der Waals surface area (Å²) in [5.74, 6) is 1.02. The van der Waals surface area contributed by atoms with Crippen molar-refractivity contribution in [3.8, 4) is 5.75 Å². The first kappa shape index (κ1) is 19.3. The summed E-state index contributed by atoms with van der Waals surface area (Å²) >= 11 is 0. The summed E-state index contributed by atoms with van der Waals surface area (Å²) in [6.45, 7) is 2.77. The van der Waals surface area contributed by atoms with Crippen molar-refractivity contribution in [2.75, 3.05) is 33.8 Å². The molecule has 1 amide bonds. The Morgan fingerprint density at radius 1 is 1.21 bits per heavy atom. The number of carbonyl (C=O) groups excluding carboxylic acids is 1. The number of rotatable bonds is 6. The third-order valence-corrected chi connectivity index (χ3v) is 5.58. The maximum Gasteiger partial charge on any atom is 0.236 e. The third-order valence-electron chi connectivity index (χ3n) is 5.58.